The second-order valence-corrected chi connectivity index (χ2v) is 8.19. The number of nitriles is 1. The molecule has 166 valence electrons. The highest BCUT2D eigenvalue weighted by Gasteiger charge is 2.37. The van der Waals surface area contributed by atoms with Crippen LogP contribution in [0.1, 0.15) is 17.5 Å². The second-order valence-electron chi connectivity index (χ2n) is 8.19. The van der Waals surface area contributed by atoms with E-state index in [2.05, 4.69) is 16.3 Å². The van der Waals surface area contributed by atoms with E-state index in [1.807, 2.05) is 53.4 Å². The lowest BCUT2D eigenvalue weighted by molar-refractivity contribution is -0.133. The molecule has 0 bridgehead atoms. The van der Waals surface area contributed by atoms with Crippen LogP contribution in [0, 0.1) is 11.3 Å². The quantitative estimate of drug-likeness (QED) is 0.749. The maximum Gasteiger partial charge on any atom is 0.407 e. The van der Waals surface area contributed by atoms with Crippen molar-refractivity contribution in [1.82, 2.24) is 15.1 Å². The Bertz CT molecular complexity index is 998. The van der Waals surface area contributed by atoms with E-state index in [4.69, 9.17) is 0 Å². The first-order chi connectivity index (χ1) is 15.6. The summed E-state index contributed by atoms with van der Waals surface area (Å²) in [5.41, 5.74) is 2.47. The number of carbonyl (C=O) groups excluding carboxylic acids is 1. The minimum Gasteiger partial charge on any atom is -0.465 e. The Morgan fingerprint density at radius 1 is 1.06 bits per heavy atom. The molecule has 0 saturated carbocycles. The first-order valence-corrected chi connectivity index (χ1v) is 10.9. The van der Waals surface area contributed by atoms with Crippen molar-refractivity contribution in [2.45, 2.75) is 25.0 Å². The van der Waals surface area contributed by atoms with Gasteiger partial charge in [0.15, 0.2) is 0 Å². The van der Waals surface area contributed by atoms with Crippen LogP contribution in [0.3, 0.4) is 0 Å². The summed E-state index contributed by atoms with van der Waals surface area (Å²) in [7, 11) is 0. The monoisotopic (exact) mass is 433 g/mol. The molecule has 8 nitrogen and oxygen atoms in total. The molecular weight excluding hydrogens is 406 g/mol. The average Bonchev–Trinajstić information content (AvgIpc) is 3.32. The molecule has 2 aromatic carbocycles. The minimum atomic E-state index is -0.974. The molecule has 2 atom stereocenters. The third kappa shape index (κ3) is 4.68. The Morgan fingerprint density at radius 3 is 2.44 bits per heavy atom. The van der Waals surface area contributed by atoms with E-state index >= 15 is 0 Å². The normalized spacial score (nSPS) is 20.6. The van der Waals surface area contributed by atoms with Crippen molar-refractivity contribution in [2.75, 3.05) is 37.6 Å². The lowest BCUT2D eigenvalue weighted by atomic mass is 10.1. The summed E-state index contributed by atoms with van der Waals surface area (Å²) in [6.07, 6.45) is -0.506. The van der Waals surface area contributed by atoms with Gasteiger partial charge in [0.1, 0.15) is 6.07 Å². The van der Waals surface area contributed by atoms with Gasteiger partial charge in [-0.05, 0) is 24.1 Å². The van der Waals surface area contributed by atoms with Gasteiger partial charge in [-0.1, -0.05) is 42.5 Å². The highest BCUT2D eigenvalue weighted by atomic mass is 16.4. The van der Waals surface area contributed by atoms with Crippen LogP contribution in [0.15, 0.2) is 54.6 Å². The van der Waals surface area contributed by atoms with Crippen LogP contribution in [-0.2, 0) is 11.3 Å². The van der Waals surface area contributed by atoms with E-state index in [1.165, 1.54) is 4.90 Å². The molecule has 2 aliphatic heterocycles. The van der Waals surface area contributed by atoms with Crippen molar-refractivity contribution in [1.29, 1.82) is 5.26 Å². The fraction of sp³-hybridized carbons (Fsp3) is 0.375. The number of rotatable bonds is 5. The molecule has 0 spiro atoms. The molecule has 32 heavy (non-hydrogen) atoms. The zero-order chi connectivity index (χ0) is 22.5. The highest BCUT2D eigenvalue weighted by molar-refractivity contribution is 5.83. The van der Waals surface area contributed by atoms with Gasteiger partial charge in [-0.15, -0.1) is 0 Å². The maximum absolute atomic E-state index is 13.1. The van der Waals surface area contributed by atoms with Gasteiger partial charge in [0, 0.05) is 45.3 Å². The van der Waals surface area contributed by atoms with Crippen molar-refractivity contribution in [2.24, 2.45) is 0 Å². The van der Waals surface area contributed by atoms with Crippen LogP contribution in [0.25, 0.3) is 0 Å². The molecule has 0 aromatic heterocycles. The minimum absolute atomic E-state index is 0.0192. The lowest BCUT2D eigenvalue weighted by Gasteiger charge is -2.37. The average molecular weight is 434 g/mol. The maximum atomic E-state index is 13.1. The summed E-state index contributed by atoms with van der Waals surface area (Å²) in [4.78, 5) is 30.4. The number of nitrogens with zero attached hydrogens (tertiary/aromatic N) is 4. The van der Waals surface area contributed by atoms with Gasteiger partial charge in [0.25, 0.3) is 0 Å². The Morgan fingerprint density at radius 2 is 1.75 bits per heavy atom. The van der Waals surface area contributed by atoms with Crippen LogP contribution < -0.4 is 10.2 Å². The molecule has 2 unspecified atom stereocenters. The SMILES string of the molecule is N#Cc1ccccc1N1CCN(C(=O)C2CC(N(Cc3ccccc3)C(=O)O)CN2)CC1. The van der Waals surface area contributed by atoms with Gasteiger partial charge in [-0.3, -0.25) is 9.69 Å². The number of anilines is 1. The summed E-state index contributed by atoms with van der Waals surface area (Å²) < 4.78 is 0. The number of nitrogens with one attached hydrogen (secondary N) is 1. The van der Waals surface area contributed by atoms with Crippen molar-refractivity contribution in [3.8, 4) is 6.07 Å². The Kier molecular flexibility index (Phi) is 6.57. The number of para-hydroxylation sites is 1. The summed E-state index contributed by atoms with van der Waals surface area (Å²) in [5, 5.41) is 22.3. The van der Waals surface area contributed by atoms with E-state index < -0.39 is 6.09 Å². The number of hydrogen-bond acceptors (Lipinski definition) is 5. The highest BCUT2D eigenvalue weighted by Crippen LogP contribution is 2.23. The van der Waals surface area contributed by atoms with Crippen molar-refractivity contribution < 1.29 is 14.7 Å². The first-order valence-electron chi connectivity index (χ1n) is 10.9. The Balaban J connectivity index is 1.34. The number of carbonyl (C=O) groups is 2. The molecule has 2 N–H and O–H groups in total. The number of amides is 2. The largest absolute Gasteiger partial charge is 0.465 e. The van der Waals surface area contributed by atoms with Gasteiger partial charge in [0.05, 0.1) is 17.3 Å². The van der Waals surface area contributed by atoms with Crippen LogP contribution in [0.2, 0.25) is 0 Å². The molecule has 0 radical (unpaired) electrons. The van der Waals surface area contributed by atoms with E-state index in [9.17, 15) is 20.0 Å². The molecular formula is C24H27N5O3. The van der Waals surface area contributed by atoms with E-state index in [0.717, 1.165) is 11.3 Å². The van der Waals surface area contributed by atoms with E-state index in [-0.39, 0.29) is 18.0 Å². The van der Waals surface area contributed by atoms with Gasteiger partial charge in [0.2, 0.25) is 5.91 Å². The summed E-state index contributed by atoms with van der Waals surface area (Å²) in [5.74, 6) is 0.0192. The summed E-state index contributed by atoms with van der Waals surface area (Å²) in [6, 6.07) is 18.6. The smallest absolute Gasteiger partial charge is 0.407 e. The van der Waals surface area contributed by atoms with Crippen LogP contribution >= 0.6 is 0 Å². The third-order valence-electron chi connectivity index (χ3n) is 6.24. The topological polar surface area (TPSA) is 99.9 Å². The van der Waals surface area contributed by atoms with Crippen molar-refractivity contribution in [3.63, 3.8) is 0 Å². The van der Waals surface area contributed by atoms with Crippen LogP contribution in [0.5, 0.6) is 0 Å². The standard InChI is InChI=1S/C24H27N5O3/c25-15-19-8-4-5-9-22(19)27-10-12-28(13-11-27)23(30)21-14-20(16-26-21)29(24(31)32)17-18-6-2-1-3-7-18/h1-9,20-21,26H,10-14,16-17H2,(H,31,32). The van der Waals surface area contributed by atoms with Gasteiger partial charge in [-0.25, -0.2) is 4.79 Å². The zero-order valence-corrected chi connectivity index (χ0v) is 17.9. The van der Waals surface area contributed by atoms with Gasteiger partial charge < -0.3 is 20.2 Å². The second kappa shape index (κ2) is 9.71. The zero-order valence-electron chi connectivity index (χ0n) is 17.9. The van der Waals surface area contributed by atoms with E-state index in [1.54, 1.807) is 6.07 Å². The molecule has 8 heteroatoms. The molecule has 2 aliphatic rings. The fourth-order valence-corrected chi connectivity index (χ4v) is 4.51. The number of hydrogen-bond donors (Lipinski definition) is 2. The number of benzene rings is 2. The van der Waals surface area contributed by atoms with Crippen LogP contribution in [0.4, 0.5) is 10.5 Å². The van der Waals surface area contributed by atoms with Gasteiger partial charge >= 0.3 is 6.09 Å². The van der Waals surface area contributed by atoms with E-state index in [0.29, 0.717) is 51.3 Å². The van der Waals surface area contributed by atoms with Crippen molar-refractivity contribution in [3.05, 3.63) is 65.7 Å². The molecule has 2 amide bonds. The van der Waals surface area contributed by atoms with Crippen molar-refractivity contribution >= 4 is 17.7 Å². The molecule has 2 fully saturated rings. The molecule has 2 heterocycles. The Labute approximate surface area is 187 Å². The summed E-state index contributed by atoms with van der Waals surface area (Å²) >= 11 is 0. The van der Waals surface area contributed by atoms with Crippen LogP contribution in [-0.4, -0.2) is 71.7 Å². The molecule has 2 saturated heterocycles. The van der Waals surface area contributed by atoms with Gasteiger partial charge in [-0.2, -0.15) is 5.26 Å². The molecule has 4 rings (SSSR count). The predicted octanol–water partition coefficient (Wildman–Crippen LogP) is 2.12. The lowest BCUT2D eigenvalue weighted by Crippen LogP contribution is -2.53. The third-order valence-corrected chi connectivity index (χ3v) is 6.24. The first kappa shape index (κ1) is 21.7. The fourth-order valence-electron chi connectivity index (χ4n) is 4.51. The Hall–Kier alpha value is -3.57. The number of carboxylic acid groups (broad SMARTS) is 1. The molecule has 0 aliphatic carbocycles. The summed E-state index contributed by atoms with van der Waals surface area (Å²) in [6.45, 7) is 3.25. The predicted molar refractivity (Wildman–Crippen MR) is 120 cm³/mol. The molecule has 2 aromatic rings. The number of piperazine rings is 1.